The van der Waals surface area contributed by atoms with Crippen LogP contribution < -0.4 is 14.8 Å². The maximum absolute atomic E-state index is 12.8. The minimum Gasteiger partial charge on any atom is -0.481 e. The van der Waals surface area contributed by atoms with Crippen LogP contribution in [0.2, 0.25) is 0 Å². The Morgan fingerprint density at radius 2 is 1.55 bits per heavy atom. The van der Waals surface area contributed by atoms with Crippen LogP contribution in [0.15, 0.2) is 71.6 Å². The van der Waals surface area contributed by atoms with Crippen molar-refractivity contribution in [1.29, 1.82) is 0 Å². The molecule has 0 aliphatic rings. The largest absolute Gasteiger partial charge is 0.481 e. The first-order valence-corrected chi connectivity index (χ1v) is 11.5. The summed E-state index contributed by atoms with van der Waals surface area (Å²) in [6.45, 7) is 5.18. The zero-order chi connectivity index (χ0) is 24.2. The number of nitro groups is 1. The zero-order valence-electron chi connectivity index (χ0n) is 18.2. The lowest BCUT2D eigenvalue weighted by Gasteiger charge is -2.15. The average molecular weight is 470 g/mol. The highest BCUT2D eigenvalue weighted by Gasteiger charge is 2.18. The number of benzene rings is 3. The molecule has 0 saturated heterocycles. The van der Waals surface area contributed by atoms with E-state index in [0.29, 0.717) is 17.1 Å². The van der Waals surface area contributed by atoms with E-state index in [9.17, 15) is 23.3 Å². The third kappa shape index (κ3) is 5.86. The number of anilines is 2. The van der Waals surface area contributed by atoms with E-state index in [0.717, 1.165) is 11.1 Å². The number of hydrogen-bond donors (Lipinski definition) is 2. The van der Waals surface area contributed by atoms with Gasteiger partial charge in [0.2, 0.25) is 0 Å². The summed E-state index contributed by atoms with van der Waals surface area (Å²) in [7, 11) is -3.81. The highest BCUT2D eigenvalue weighted by molar-refractivity contribution is 7.92. The summed E-state index contributed by atoms with van der Waals surface area (Å²) in [5.41, 5.74) is 2.47. The Bertz CT molecular complexity index is 1250. The molecule has 0 heterocycles. The van der Waals surface area contributed by atoms with Crippen molar-refractivity contribution in [2.24, 2.45) is 0 Å². The predicted molar refractivity (Wildman–Crippen MR) is 125 cm³/mol. The normalized spacial score (nSPS) is 12.0. The van der Waals surface area contributed by atoms with Crippen LogP contribution in [0, 0.1) is 24.0 Å². The Balaban J connectivity index is 1.64. The maximum Gasteiger partial charge on any atom is 0.269 e. The van der Waals surface area contributed by atoms with Crippen molar-refractivity contribution in [3.8, 4) is 5.75 Å². The number of carbonyl (C=O) groups is 1. The second-order valence-corrected chi connectivity index (χ2v) is 9.08. The number of ether oxygens (including phenoxy) is 1. The minimum atomic E-state index is -3.81. The van der Waals surface area contributed by atoms with Crippen LogP contribution in [-0.2, 0) is 14.8 Å². The van der Waals surface area contributed by atoms with Gasteiger partial charge in [0, 0.05) is 17.8 Å². The van der Waals surface area contributed by atoms with E-state index in [-0.39, 0.29) is 10.6 Å². The van der Waals surface area contributed by atoms with Crippen molar-refractivity contribution in [3.05, 3.63) is 88.0 Å². The number of carbonyl (C=O) groups excluding carboxylic acids is 1. The van der Waals surface area contributed by atoms with E-state index in [4.69, 9.17) is 4.74 Å². The molecule has 0 spiro atoms. The van der Waals surface area contributed by atoms with E-state index in [2.05, 4.69) is 10.0 Å². The molecular weight excluding hydrogens is 446 g/mol. The number of aryl methyl sites for hydroxylation is 2. The van der Waals surface area contributed by atoms with Gasteiger partial charge in [-0.1, -0.05) is 18.2 Å². The minimum absolute atomic E-state index is 0.0540. The first-order valence-electron chi connectivity index (χ1n) is 9.98. The standard InChI is InChI=1S/C23H23N3O6S/c1-15-5-4-6-16(2)22(15)25-33(30,31)21-13-7-18(8-14-21)24-23(27)17(3)32-20-11-9-19(10-12-20)26(28)29/h4-14,17,25H,1-3H3,(H,24,27). The molecule has 0 fully saturated rings. The lowest BCUT2D eigenvalue weighted by molar-refractivity contribution is -0.384. The van der Waals surface area contributed by atoms with Crippen LogP contribution in [0.5, 0.6) is 5.75 Å². The van der Waals surface area contributed by atoms with Gasteiger partial charge in [0.05, 0.1) is 15.5 Å². The molecule has 0 saturated carbocycles. The van der Waals surface area contributed by atoms with Gasteiger partial charge in [0.15, 0.2) is 6.10 Å². The molecule has 172 valence electrons. The van der Waals surface area contributed by atoms with Crippen LogP contribution in [0.1, 0.15) is 18.1 Å². The third-order valence-electron chi connectivity index (χ3n) is 4.88. The molecule has 33 heavy (non-hydrogen) atoms. The lowest BCUT2D eigenvalue weighted by atomic mass is 10.1. The summed E-state index contributed by atoms with van der Waals surface area (Å²) in [4.78, 5) is 22.7. The number of rotatable bonds is 8. The lowest BCUT2D eigenvalue weighted by Crippen LogP contribution is -2.30. The molecule has 3 aromatic carbocycles. The van der Waals surface area contributed by atoms with Crippen LogP contribution in [0.25, 0.3) is 0 Å². The molecule has 0 aliphatic carbocycles. The van der Waals surface area contributed by atoms with Crippen molar-refractivity contribution in [2.45, 2.75) is 31.8 Å². The van der Waals surface area contributed by atoms with Crippen molar-refractivity contribution in [2.75, 3.05) is 10.0 Å². The fourth-order valence-corrected chi connectivity index (χ4v) is 4.24. The fourth-order valence-electron chi connectivity index (χ4n) is 3.03. The van der Waals surface area contributed by atoms with Gasteiger partial charge in [-0.15, -0.1) is 0 Å². The summed E-state index contributed by atoms with van der Waals surface area (Å²) in [6.07, 6.45) is -0.888. The number of hydrogen-bond acceptors (Lipinski definition) is 6. The Morgan fingerprint density at radius 1 is 0.970 bits per heavy atom. The second kappa shape index (κ2) is 9.70. The van der Waals surface area contributed by atoms with Gasteiger partial charge in [-0.3, -0.25) is 19.6 Å². The van der Waals surface area contributed by atoms with Crippen molar-refractivity contribution < 1.29 is 22.9 Å². The van der Waals surface area contributed by atoms with E-state index < -0.39 is 27.0 Å². The van der Waals surface area contributed by atoms with Gasteiger partial charge < -0.3 is 10.1 Å². The molecule has 0 bridgehead atoms. The summed E-state index contributed by atoms with van der Waals surface area (Å²) in [6, 6.07) is 16.6. The van der Waals surface area contributed by atoms with Crippen molar-refractivity contribution in [1.82, 2.24) is 0 Å². The average Bonchev–Trinajstić information content (AvgIpc) is 2.77. The molecule has 0 aliphatic heterocycles. The molecule has 2 N–H and O–H groups in total. The van der Waals surface area contributed by atoms with Crippen molar-refractivity contribution in [3.63, 3.8) is 0 Å². The van der Waals surface area contributed by atoms with Crippen LogP contribution >= 0.6 is 0 Å². The van der Waals surface area contributed by atoms with Gasteiger partial charge in [0.25, 0.3) is 21.6 Å². The number of sulfonamides is 1. The molecule has 3 aromatic rings. The molecule has 1 amide bonds. The summed E-state index contributed by atoms with van der Waals surface area (Å²) < 4.78 is 33.6. The monoisotopic (exact) mass is 469 g/mol. The van der Waals surface area contributed by atoms with Gasteiger partial charge in [0.1, 0.15) is 5.75 Å². The Hall–Kier alpha value is -3.92. The zero-order valence-corrected chi connectivity index (χ0v) is 19.0. The number of nitrogens with one attached hydrogen (secondary N) is 2. The third-order valence-corrected chi connectivity index (χ3v) is 6.24. The van der Waals surface area contributed by atoms with Crippen LogP contribution in [0.4, 0.5) is 17.1 Å². The molecule has 0 radical (unpaired) electrons. The first kappa shape index (κ1) is 23.7. The molecule has 1 unspecified atom stereocenters. The number of nitro benzene ring substituents is 1. The second-order valence-electron chi connectivity index (χ2n) is 7.40. The fraction of sp³-hybridized carbons (Fsp3) is 0.174. The molecule has 3 rings (SSSR count). The first-order chi connectivity index (χ1) is 15.6. The quantitative estimate of drug-likeness (QED) is 0.371. The number of non-ortho nitro benzene ring substituents is 1. The smallest absolute Gasteiger partial charge is 0.269 e. The molecule has 1 atom stereocenters. The van der Waals surface area contributed by atoms with Crippen molar-refractivity contribution >= 4 is 33.0 Å². The highest BCUT2D eigenvalue weighted by Crippen LogP contribution is 2.24. The van der Waals surface area contributed by atoms with Gasteiger partial charge in [-0.2, -0.15) is 0 Å². The van der Waals surface area contributed by atoms with Crippen LogP contribution in [-0.4, -0.2) is 25.4 Å². The van der Waals surface area contributed by atoms with E-state index in [1.165, 1.54) is 55.5 Å². The SMILES string of the molecule is Cc1cccc(C)c1NS(=O)(=O)c1ccc(NC(=O)C(C)Oc2ccc([N+](=O)[O-])cc2)cc1. The van der Waals surface area contributed by atoms with E-state index in [1.807, 2.05) is 32.0 Å². The topological polar surface area (TPSA) is 128 Å². The molecular formula is C23H23N3O6S. The Morgan fingerprint density at radius 3 is 2.09 bits per heavy atom. The van der Waals surface area contributed by atoms with E-state index >= 15 is 0 Å². The molecule has 9 nitrogen and oxygen atoms in total. The number of amides is 1. The van der Waals surface area contributed by atoms with Crippen LogP contribution in [0.3, 0.4) is 0 Å². The Kier molecular flexibility index (Phi) is 6.98. The van der Waals surface area contributed by atoms with Gasteiger partial charge >= 0.3 is 0 Å². The predicted octanol–water partition coefficient (Wildman–Crippen LogP) is 4.42. The summed E-state index contributed by atoms with van der Waals surface area (Å²) in [5.74, 6) is -0.153. The van der Waals surface area contributed by atoms with Gasteiger partial charge in [-0.25, -0.2) is 8.42 Å². The van der Waals surface area contributed by atoms with Gasteiger partial charge in [-0.05, 0) is 68.3 Å². The van der Waals surface area contributed by atoms with E-state index in [1.54, 1.807) is 0 Å². The molecule has 10 heteroatoms. The Labute approximate surface area is 191 Å². The summed E-state index contributed by atoms with van der Waals surface area (Å²) >= 11 is 0. The highest BCUT2D eigenvalue weighted by atomic mass is 32.2. The maximum atomic E-state index is 12.8. The summed E-state index contributed by atoms with van der Waals surface area (Å²) in [5, 5.41) is 13.4. The number of para-hydroxylation sites is 1. The number of nitrogens with zero attached hydrogens (tertiary/aromatic N) is 1. The molecule has 0 aromatic heterocycles.